The summed E-state index contributed by atoms with van der Waals surface area (Å²) in [6.45, 7) is 0.287. The van der Waals surface area contributed by atoms with Crippen molar-refractivity contribution >= 4 is 23.4 Å². The summed E-state index contributed by atoms with van der Waals surface area (Å²) in [5.41, 5.74) is 9.76. The number of carbonyl (C=O) groups excluding carboxylic acids is 1. The molecule has 0 bridgehead atoms. The zero-order valence-electron chi connectivity index (χ0n) is 18.2. The van der Waals surface area contributed by atoms with E-state index in [0.29, 0.717) is 18.2 Å². The second-order valence-corrected chi connectivity index (χ2v) is 8.00. The van der Waals surface area contributed by atoms with Crippen LogP contribution in [-0.4, -0.2) is 30.3 Å². The lowest BCUT2D eigenvalue weighted by molar-refractivity contribution is -0.139. The molecule has 0 aromatic heterocycles. The molecule has 0 heterocycles. The Kier molecular flexibility index (Phi) is 7.22. The fourth-order valence-electron chi connectivity index (χ4n) is 4.16. The lowest BCUT2D eigenvalue weighted by Crippen LogP contribution is -2.47. The van der Waals surface area contributed by atoms with Crippen molar-refractivity contribution in [3.63, 3.8) is 0 Å². The van der Waals surface area contributed by atoms with Crippen LogP contribution in [0.15, 0.2) is 78.9 Å². The third-order valence-electron chi connectivity index (χ3n) is 5.71. The average molecular weight is 446 g/mol. The molecule has 4 rings (SSSR count). The van der Waals surface area contributed by atoms with Crippen molar-refractivity contribution in [3.8, 4) is 5.75 Å². The number of amides is 2. The minimum Gasteiger partial charge on any atom is -0.482 e. The van der Waals surface area contributed by atoms with Crippen molar-refractivity contribution in [1.82, 2.24) is 10.9 Å². The highest BCUT2D eigenvalue weighted by atomic mass is 16.5. The van der Waals surface area contributed by atoms with Gasteiger partial charge in [-0.05, 0) is 66.6 Å². The van der Waals surface area contributed by atoms with Crippen LogP contribution in [0.2, 0.25) is 0 Å². The first-order chi connectivity index (χ1) is 16.1. The number of carbonyl (C=O) groups is 2. The highest BCUT2D eigenvalue weighted by Gasteiger charge is 2.23. The fourth-order valence-corrected chi connectivity index (χ4v) is 4.16. The Hall–Kier alpha value is -3.84. The van der Waals surface area contributed by atoms with Gasteiger partial charge in [-0.1, -0.05) is 48.5 Å². The van der Waals surface area contributed by atoms with Gasteiger partial charge in [0, 0.05) is 6.54 Å². The first-order valence-corrected chi connectivity index (χ1v) is 11.0. The lowest BCUT2D eigenvalue weighted by atomic mass is 9.83. The number of rotatable bonds is 8. The van der Waals surface area contributed by atoms with Crippen LogP contribution in [0.25, 0.3) is 0 Å². The van der Waals surface area contributed by atoms with E-state index in [4.69, 9.17) is 9.84 Å². The van der Waals surface area contributed by atoms with Crippen molar-refractivity contribution in [2.45, 2.75) is 19.3 Å². The number of hydrogen-bond donors (Lipinski definition) is 3. The molecule has 2 amide bonds. The van der Waals surface area contributed by atoms with E-state index in [2.05, 4.69) is 16.9 Å². The first-order valence-electron chi connectivity index (χ1n) is 11.0. The summed E-state index contributed by atoms with van der Waals surface area (Å²) in [5.74, 6) is 0.00619. The summed E-state index contributed by atoms with van der Waals surface area (Å²) in [4.78, 5) is 25.5. The Labute approximate surface area is 193 Å². The van der Waals surface area contributed by atoms with Crippen LogP contribution < -0.4 is 20.5 Å². The summed E-state index contributed by atoms with van der Waals surface area (Å²) in [7, 11) is 0. The Morgan fingerprint density at radius 2 is 1.61 bits per heavy atom. The number of para-hydroxylation sites is 2. The quantitative estimate of drug-likeness (QED) is 0.450. The van der Waals surface area contributed by atoms with Gasteiger partial charge in [-0.3, -0.25) is 10.3 Å². The van der Waals surface area contributed by atoms with E-state index >= 15 is 0 Å². The first kappa shape index (κ1) is 22.4. The van der Waals surface area contributed by atoms with Gasteiger partial charge in [0.2, 0.25) is 0 Å². The predicted molar refractivity (Wildman–Crippen MR) is 127 cm³/mol. The number of carboxylic acids is 1. The number of fused-ring (bicyclic) bond motifs is 1. The maximum absolute atomic E-state index is 13.0. The molecule has 0 saturated heterocycles. The number of ether oxygens (including phenoxy) is 1. The van der Waals surface area contributed by atoms with E-state index in [1.54, 1.807) is 4.90 Å². The van der Waals surface area contributed by atoms with Gasteiger partial charge in [-0.2, -0.15) is 0 Å². The number of aliphatic carboxylic acids is 1. The smallest absolute Gasteiger partial charge is 0.341 e. The van der Waals surface area contributed by atoms with E-state index in [0.717, 1.165) is 41.8 Å². The topological polar surface area (TPSA) is 90.9 Å². The predicted octanol–water partition coefficient (Wildman–Crippen LogP) is 4.31. The zero-order chi connectivity index (χ0) is 23.0. The summed E-state index contributed by atoms with van der Waals surface area (Å²) in [6.07, 6.45) is 2.57. The van der Waals surface area contributed by atoms with Gasteiger partial charge in [0.25, 0.3) is 0 Å². The minimum atomic E-state index is -0.985. The number of nitrogens with one attached hydrogen (secondary N) is 2. The third kappa shape index (κ3) is 5.70. The molecule has 170 valence electrons. The molecule has 0 saturated carbocycles. The van der Waals surface area contributed by atoms with E-state index in [1.165, 1.54) is 0 Å². The Morgan fingerprint density at radius 1 is 0.939 bits per heavy atom. The highest BCUT2D eigenvalue weighted by Crippen LogP contribution is 2.32. The van der Waals surface area contributed by atoms with Gasteiger partial charge >= 0.3 is 12.0 Å². The van der Waals surface area contributed by atoms with Crippen LogP contribution in [0.5, 0.6) is 5.75 Å². The van der Waals surface area contributed by atoms with Crippen LogP contribution in [-0.2, 0) is 17.6 Å². The highest BCUT2D eigenvalue weighted by molar-refractivity contribution is 5.99. The molecule has 7 heteroatoms. The van der Waals surface area contributed by atoms with E-state index in [9.17, 15) is 9.59 Å². The number of nitrogens with zero attached hydrogens (tertiary/aromatic N) is 1. The Balaban J connectivity index is 1.36. The average Bonchev–Trinajstić information content (AvgIpc) is 2.84. The molecular weight excluding hydrogens is 418 g/mol. The molecule has 1 unspecified atom stereocenters. The van der Waals surface area contributed by atoms with Crippen LogP contribution in [0.3, 0.4) is 0 Å². The van der Waals surface area contributed by atoms with Crippen molar-refractivity contribution in [3.05, 3.63) is 90.0 Å². The molecule has 1 atom stereocenters. The number of benzene rings is 3. The standard InChI is InChI=1S/C26H27N3O4/c30-25(31)18-33-24-13-7-8-20-16-19(14-15-23(20)24)17-27-28-26(32)29(21-9-3-1-4-10-21)22-11-5-2-6-12-22/h1-13,19,27H,14-18H2,(H,28,32)(H,30,31). The number of anilines is 2. The van der Waals surface area contributed by atoms with Crippen molar-refractivity contribution in [2.24, 2.45) is 5.92 Å². The Bertz CT molecular complexity index is 1050. The largest absolute Gasteiger partial charge is 0.482 e. The molecule has 3 aromatic rings. The van der Waals surface area contributed by atoms with Gasteiger partial charge in [0.15, 0.2) is 6.61 Å². The van der Waals surface area contributed by atoms with Gasteiger partial charge in [-0.25, -0.2) is 15.0 Å². The number of carboxylic acid groups (broad SMARTS) is 1. The van der Waals surface area contributed by atoms with Crippen LogP contribution in [0, 0.1) is 5.92 Å². The summed E-state index contributed by atoms with van der Waals surface area (Å²) in [6, 6.07) is 24.6. The van der Waals surface area contributed by atoms with E-state index in [1.807, 2.05) is 72.8 Å². The molecule has 1 aliphatic rings. The number of urea groups is 1. The molecule has 0 aliphatic heterocycles. The minimum absolute atomic E-state index is 0.257. The van der Waals surface area contributed by atoms with Gasteiger partial charge in [-0.15, -0.1) is 0 Å². The molecular formula is C26H27N3O4. The second kappa shape index (κ2) is 10.7. The summed E-state index contributed by atoms with van der Waals surface area (Å²) in [5, 5.41) is 8.88. The molecule has 33 heavy (non-hydrogen) atoms. The maximum atomic E-state index is 13.0. The van der Waals surface area contributed by atoms with Crippen molar-refractivity contribution in [1.29, 1.82) is 0 Å². The normalized spacial score (nSPS) is 14.7. The lowest BCUT2D eigenvalue weighted by Gasteiger charge is -2.27. The van der Waals surface area contributed by atoms with Crippen LogP contribution in [0.4, 0.5) is 16.2 Å². The monoisotopic (exact) mass is 445 g/mol. The van der Waals surface area contributed by atoms with Gasteiger partial charge < -0.3 is 9.84 Å². The summed E-state index contributed by atoms with van der Waals surface area (Å²) < 4.78 is 5.45. The SMILES string of the molecule is O=C(O)COc1cccc2c1CCC(CNNC(=O)N(c1ccccc1)c1ccccc1)C2. The summed E-state index contributed by atoms with van der Waals surface area (Å²) >= 11 is 0. The van der Waals surface area contributed by atoms with E-state index in [-0.39, 0.29) is 12.6 Å². The molecule has 0 radical (unpaired) electrons. The molecule has 7 nitrogen and oxygen atoms in total. The number of hydrazine groups is 1. The third-order valence-corrected chi connectivity index (χ3v) is 5.71. The molecule has 1 aliphatic carbocycles. The molecule has 3 N–H and O–H groups in total. The van der Waals surface area contributed by atoms with Gasteiger partial charge in [0.1, 0.15) is 5.75 Å². The fraction of sp³-hybridized carbons (Fsp3) is 0.231. The molecule has 0 fully saturated rings. The van der Waals surface area contributed by atoms with Crippen molar-refractivity contribution < 1.29 is 19.4 Å². The molecule has 3 aromatic carbocycles. The van der Waals surface area contributed by atoms with Gasteiger partial charge in [0.05, 0.1) is 11.4 Å². The van der Waals surface area contributed by atoms with E-state index < -0.39 is 5.97 Å². The Morgan fingerprint density at radius 3 is 2.24 bits per heavy atom. The second-order valence-electron chi connectivity index (χ2n) is 8.00. The van der Waals surface area contributed by atoms with Crippen LogP contribution >= 0.6 is 0 Å². The zero-order valence-corrected chi connectivity index (χ0v) is 18.2. The van der Waals surface area contributed by atoms with Crippen molar-refractivity contribution in [2.75, 3.05) is 18.1 Å². The molecule has 0 spiro atoms. The number of hydrogen-bond acceptors (Lipinski definition) is 4. The maximum Gasteiger partial charge on any atom is 0.341 e. The van der Waals surface area contributed by atoms with Crippen LogP contribution in [0.1, 0.15) is 17.5 Å².